The Kier molecular flexibility index (Phi) is 7.07. The van der Waals surface area contributed by atoms with E-state index in [-0.39, 0.29) is 12.0 Å². The van der Waals surface area contributed by atoms with Gasteiger partial charge in [0.1, 0.15) is 0 Å². The van der Waals surface area contributed by atoms with E-state index in [1.165, 1.54) is 0 Å². The molecule has 0 rings (SSSR count). The summed E-state index contributed by atoms with van der Waals surface area (Å²) in [5, 5.41) is 8.85. The fourth-order valence-corrected chi connectivity index (χ4v) is 0.463. The minimum absolute atomic E-state index is 0.0122. The molecule has 0 aromatic rings. The average molecular weight is 224 g/mol. The lowest BCUT2D eigenvalue weighted by Gasteiger charge is -2.26. The first-order chi connectivity index (χ1) is 6.04. The van der Waals surface area contributed by atoms with Gasteiger partial charge in [-0.2, -0.15) is 8.42 Å². The normalized spacial score (nSPS) is 13.9. The molecule has 0 fully saturated rings. The smallest absolute Gasteiger partial charge is 0.261 e. The Bertz CT molecular complexity index is 246. The molecule has 0 bridgehead atoms. The summed E-state index contributed by atoms with van der Waals surface area (Å²) in [6.07, 6.45) is 2.59. The van der Waals surface area contributed by atoms with E-state index >= 15 is 0 Å². The second-order valence-electron chi connectivity index (χ2n) is 3.90. The van der Waals surface area contributed by atoms with Crippen molar-refractivity contribution in [1.82, 2.24) is 0 Å². The molecule has 0 spiro atoms. The maximum absolute atomic E-state index is 9.19. The second-order valence-corrected chi connectivity index (χ2v) is 5.37. The van der Waals surface area contributed by atoms with Gasteiger partial charge in [-0.05, 0) is 11.3 Å². The van der Waals surface area contributed by atoms with E-state index in [0.29, 0.717) is 12.2 Å². The molecule has 0 saturated carbocycles. The number of hydrogen-bond donors (Lipinski definition) is 2. The van der Waals surface area contributed by atoms with Crippen LogP contribution in [-0.4, -0.2) is 30.9 Å². The third kappa shape index (κ3) is 11.6. The van der Waals surface area contributed by atoms with Gasteiger partial charge in [-0.25, -0.2) is 0 Å². The minimum atomic E-state index is -3.67. The maximum Gasteiger partial charge on any atom is 0.261 e. The highest BCUT2D eigenvalue weighted by Gasteiger charge is 2.21. The van der Waals surface area contributed by atoms with Crippen molar-refractivity contribution in [2.75, 3.05) is 12.9 Å². The van der Waals surface area contributed by atoms with Gasteiger partial charge in [0.15, 0.2) is 0 Å². The second kappa shape index (κ2) is 6.16. The Morgan fingerprint density at radius 2 is 1.79 bits per heavy atom. The molecule has 14 heavy (non-hydrogen) atoms. The first-order valence-electron chi connectivity index (χ1n) is 4.20. The first kappa shape index (κ1) is 16.1. The standard InChI is InChI=1S/C8H16O.CH4O3S/c1-5-7(2)8(3,4)6-9;1-5(2,3)4/h5,7,9H,1,6H2,2-4H3;1H3,(H,2,3,4). The predicted molar refractivity (Wildman–Crippen MR) is 57.7 cm³/mol. The van der Waals surface area contributed by atoms with Gasteiger partial charge in [-0.3, -0.25) is 4.55 Å². The molecule has 86 valence electrons. The first-order valence-corrected chi connectivity index (χ1v) is 6.05. The van der Waals surface area contributed by atoms with Gasteiger partial charge < -0.3 is 5.11 Å². The molecule has 0 radical (unpaired) electrons. The van der Waals surface area contributed by atoms with Crippen LogP contribution in [0.15, 0.2) is 12.7 Å². The fraction of sp³-hybridized carbons (Fsp3) is 0.778. The van der Waals surface area contributed by atoms with Crippen molar-refractivity contribution < 1.29 is 18.1 Å². The number of rotatable bonds is 3. The molecule has 1 atom stereocenters. The third-order valence-electron chi connectivity index (χ3n) is 1.99. The molecular formula is C9H20O4S. The topological polar surface area (TPSA) is 74.6 Å². The van der Waals surface area contributed by atoms with Crippen LogP contribution in [0, 0.1) is 11.3 Å². The summed E-state index contributed by atoms with van der Waals surface area (Å²) in [7, 11) is -3.67. The summed E-state index contributed by atoms with van der Waals surface area (Å²) in [4.78, 5) is 0. The van der Waals surface area contributed by atoms with E-state index < -0.39 is 10.1 Å². The molecule has 0 saturated heterocycles. The summed E-state index contributed by atoms with van der Waals surface area (Å²) < 4.78 is 25.9. The quantitative estimate of drug-likeness (QED) is 0.560. The van der Waals surface area contributed by atoms with Crippen LogP contribution in [0.3, 0.4) is 0 Å². The van der Waals surface area contributed by atoms with Gasteiger partial charge in [-0.1, -0.05) is 26.8 Å². The Morgan fingerprint density at radius 3 is 1.86 bits per heavy atom. The fourth-order valence-electron chi connectivity index (χ4n) is 0.463. The number of allylic oxidation sites excluding steroid dienone is 1. The van der Waals surface area contributed by atoms with Crippen LogP contribution in [0.4, 0.5) is 0 Å². The van der Waals surface area contributed by atoms with Gasteiger partial charge in [0.05, 0.1) is 6.26 Å². The van der Waals surface area contributed by atoms with Crippen molar-refractivity contribution in [3.05, 3.63) is 12.7 Å². The minimum Gasteiger partial charge on any atom is -0.396 e. The summed E-state index contributed by atoms with van der Waals surface area (Å²) in [5.41, 5.74) is -0.0122. The molecule has 0 aromatic carbocycles. The molecule has 0 amide bonds. The summed E-state index contributed by atoms with van der Waals surface area (Å²) in [6.45, 7) is 10.00. The lowest BCUT2D eigenvalue weighted by molar-refractivity contribution is 0.125. The molecule has 2 N–H and O–H groups in total. The molecule has 5 heteroatoms. The van der Waals surface area contributed by atoms with E-state index in [1.807, 2.05) is 19.9 Å². The number of hydrogen-bond acceptors (Lipinski definition) is 3. The van der Waals surface area contributed by atoms with Gasteiger partial charge in [0.25, 0.3) is 10.1 Å². The van der Waals surface area contributed by atoms with Gasteiger partial charge in [0.2, 0.25) is 0 Å². The van der Waals surface area contributed by atoms with Gasteiger partial charge >= 0.3 is 0 Å². The van der Waals surface area contributed by atoms with Crippen LogP contribution < -0.4 is 0 Å². The van der Waals surface area contributed by atoms with Crippen LogP contribution >= 0.6 is 0 Å². The van der Waals surface area contributed by atoms with Crippen LogP contribution in [-0.2, 0) is 10.1 Å². The molecule has 0 aromatic heterocycles. The van der Waals surface area contributed by atoms with E-state index in [1.54, 1.807) is 0 Å². The SMILES string of the molecule is C=CC(C)C(C)(C)CO.CS(=O)(=O)O. The monoisotopic (exact) mass is 224 g/mol. The lowest BCUT2D eigenvalue weighted by atomic mass is 9.81. The van der Waals surface area contributed by atoms with E-state index in [0.717, 1.165) is 0 Å². The van der Waals surface area contributed by atoms with Gasteiger partial charge in [-0.15, -0.1) is 6.58 Å². The van der Waals surface area contributed by atoms with Crippen molar-refractivity contribution >= 4 is 10.1 Å². The number of aliphatic hydroxyl groups is 1. The zero-order chi connectivity index (χ0) is 12.0. The Hall–Kier alpha value is -0.390. The zero-order valence-electron chi connectivity index (χ0n) is 9.19. The van der Waals surface area contributed by atoms with Crippen molar-refractivity contribution in [3.8, 4) is 0 Å². The molecule has 1 unspecified atom stereocenters. The largest absolute Gasteiger partial charge is 0.396 e. The van der Waals surface area contributed by atoms with Crippen molar-refractivity contribution in [2.45, 2.75) is 20.8 Å². The van der Waals surface area contributed by atoms with Crippen LogP contribution in [0.25, 0.3) is 0 Å². The lowest BCUT2D eigenvalue weighted by Crippen LogP contribution is -2.23. The molecule has 0 aliphatic rings. The maximum atomic E-state index is 9.19. The van der Waals surface area contributed by atoms with Crippen LogP contribution in [0.2, 0.25) is 0 Å². The highest BCUT2D eigenvalue weighted by Crippen LogP contribution is 2.25. The Morgan fingerprint density at radius 1 is 1.50 bits per heavy atom. The van der Waals surface area contributed by atoms with E-state index in [9.17, 15) is 8.42 Å². The third-order valence-corrected chi connectivity index (χ3v) is 1.99. The molecular weight excluding hydrogens is 204 g/mol. The van der Waals surface area contributed by atoms with Crippen molar-refractivity contribution in [3.63, 3.8) is 0 Å². The molecule has 0 aliphatic carbocycles. The summed E-state index contributed by atoms with van der Waals surface area (Å²) in [6, 6.07) is 0. The highest BCUT2D eigenvalue weighted by atomic mass is 32.2. The van der Waals surface area contributed by atoms with Crippen molar-refractivity contribution in [1.29, 1.82) is 0 Å². The van der Waals surface area contributed by atoms with Crippen LogP contribution in [0.5, 0.6) is 0 Å². The number of aliphatic hydroxyl groups excluding tert-OH is 1. The van der Waals surface area contributed by atoms with Crippen LogP contribution in [0.1, 0.15) is 20.8 Å². The predicted octanol–water partition coefficient (Wildman–Crippen LogP) is 1.33. The summed E-state index contributed by atoms with van der Waals surface area (Å²) >= 11 is 0. The van der Waals surface area contributed by atoms with Gasteiger partial charge in [0, 0.05) is 6.61 Å². The van der Waals surface area contributed by atoms with Crippen molar-refractivity contribution in [2.24, 2.45) is 11.3 Å². The Balaban J connectivity index is 0. The molecule has 4 nitrogen and oxygen atoms in total. The average Bonchev–Trinajstić information content (AvgIpc) is 2.00. The Labute approximate surface area is 86.4 Å². The van der Waals surface area contributed by atoms with E-state index in [4.69, 9.17) is 9.66 Å². The highest BCUT2D eigenvalue weighted by molar-refractivity contribution is 7.85. The molecule has 0 aliphatic heterocycles. The zero-order valence-corrected chi connectivity index (χ0v) is 10.0. The summed E-state index contributed by atoms with van der Waals surface area (Å²) in [5.74, 6) is 0.377. The molecule has 0 heterocycles. The van der Waals surface area contributed by atoms with E-state index in [2.05, 4.69) is 13.5 Å².